The highest BCUT2D eigenvalue weighted by Gasteiger charge is 2.20. The highest BCUT2D eigenvalue weighted by Crippen LogP contribution is 2.26. The molecule has 0 saturated heterocycles. The maximum absolute atomic E-state index is 5.35. The van der Waals surface area contributed by atoms with Gasteiger partial charge in [0.2, 0.25) is 0 Å². The largest absolute Gasteiger partial charge is 0.380 e. The summed E-state index contributed by atoms with van der Waals surface area (Å²) in [4.78, 5) is 9.31. The molecule has 0 aliphatic heterocycles. The Morgan fingerprint density at radius 2 is 1.65 bits per heavy atom. The van der Waals surface area contributed by atoms with Crippen molar-refractivity contribution in [1.82, 2.24) is 9.97 Å². The third kappa shape index (κ3) is 4.63. The maximum Gasteiger partial charge on any atom is 0.138 e. The molecule has 0 fully saturated rings. The summed E-state index contributed by atoms with van der Waals surface area (Å²) in [7, 11) is 0. The third-order valence-corrected chi connectivity index (χ3v) is 2.90. The number of hydrogen-bond acceptors (Lipinski definition) is 5. The molecule has 5 heteroatoms. The van der Waals surface area contributed by atoms with Gasteiger partial charge in [-0.05, 0) is 20.8 Å². The van der Waals surface area contributed by atoms with Crippen LogP contribution in [0.15, 0.2) is 0 Å². The maximum atomic E-state index is 5.35. The molecule has 1 heterocycles. The molecule has 0 amide bonds. The van der Waals surface area contributed by atoms with Gasteiger partial charge in [-0.1, -0.05) is 20.8 Å². The van der Waals surface area contributed by atoms with Gasteiger partial charge in [-0.2, -0.15) is 0 Å². The highest BCUT2D eigenvalue weighted by molar-refractivity contribution is 5.57. The highest BCUT2D eigenvalue weighted by atomic mass is 16.5. The molecule has 0 aliphatic rings. The fourth-order valence-electron chi connectivity index (χ4n) is 1.75. The van der Waals surface area contributed by atoms with E-state index in [1.54, 1.807) is 0 Å². The van der Waals surface area contributed by atoms with E-state index in [0.29, 0.717) is 6.61 Å². The molecule has 2 N–H and O–H groups in total. The number of rotatable bonds is 7. The van der Waals surface area contributed by atoms with Crippen LogP contribution >= 0.6 is 0 Å². The fourth-order valence-corrected chi connectivity index (χ4v) is 1.75. The first-order chi connectivity index (χ1) is 9.40. The van der Waals surface area contributed by atoms with Crippen LogP contribution in [-0.4, -0.2) is 36.3 Å². The first kappa shape index (κ1) is 16.7. The summed E-state index contributed by atoms with van der Waals surface area (Å²) < 4.78 is 5.35. The van der Waals surface area contributed by atoms with E-state index in [4.69, 9.17) is 4.74 Å². The topological polar surface area (TPSA) is 59.1 Å². The van der Waals surface area contributed by atoms with Crippen LogP contribution in [0.1, 0.15) is 46.0 Å². The number of hydrogen-bond donors (Lipinski definition) is 2. The van der Waals surface area contributed by atoms with Gasteiger partial charge in [0.05, 0.1) is 6.61 Å². The normalized spacial score (nSPS) is 11.5. The van der Waals surface area contributed by atoms with Crippen LogP contribution in [0.4, 0.5) is 11.6 Å². The summed E-state index contributed by atoms with van der Waals surface area (Å²) in [6.45, 7) is 15.5. The lowest BCUT2D eigenvalue weighted by Gasteiger charge is -2.21. The van der Waals surface area contributed by atoms with Crippen molar-refractivity contribution in [2.24, 2.45) is 0 Å². The Hall–Kier alpha value is -1.36. The average Bonchev–Trinajstić information content (AvgIpc) is 2.37. The summed E-state index contributed by atoms with van der Waals surface area (Å²) in [6, 6.07) is 0. The quantitative estimate of drug-likeness (QED) is 0.752. The predicted octanol–water partition coefficient (Wildman–Crippen LogP) is 2.96. The van der Waals surface area contributed by atoms with Gasteiger partial charge in [0.1, 0.15) is 17.5 Å². The Bertz CT molecular complexity index is 427. The van der Waals surface area contributed by atoms with E-state index in [0.717, 1.165) is 42.7 Å². The van der Waals surface area contributed by atoms with Crippen molar-refractivity contribution in [3.63, 3.8) is 0 Å². The molecular formula is C15H28N4O. The van der Waals surface area contributed by atoms with Gasteiger partial charge < -0.3 is 15.4 Å². The molecule has 0 saturated carbocycles. The minimum atomic E-state index is -0.0752. The molecule has 0 aromatic carbocycles. The predicted molar refractivity (Wildman–Crippen MR) is 84.6 cm³/mol. The standard InChI is InChI=1S/C15H28N4O/c1-7-16-12-11(3)13(17-9-10-20-8-2)19-14(18-12)15(4,5)6/h7-10H2,1-6H3,(H2,16,17,18,19). The first-order valence-electron chi connectivity index (χ1n) is 7.34. The van der Waals surface area contributed by atoms with E-state index in [9.17, 15) is 0 Å². The summed E-state index contributed by atoms with van der Waals surface area (Å²) >= 11 is 0. The van der Waals surface area contributed by atoms with Gasteiger partial charge in [0.25, 0.3) is 0 Å². The zero-order valence-corrected chi connectivity index (χ0v) is 13.6. The first-order valence-corrected chi connectivity index (χ1v) is 7.34. The molecular weight excluding hydrogens is 252 g/mol. The summed E-state index contributed by atoms with van der Waals surface area (Å²) in [5.74, 6) is 2.64. The van der Waals surface area contributed by atoms with Crippen molar-refractivity contribution >= 4 is 11.6 Å². The van der Waals surface area contributed by atoms with Crippen molar-refractivity contribution < 1.29 is 4.74 Å². The van der Waals surface area contributed by atoms with Crippen LogP contribution in [0.5, 0.6) is 0 Å². The third-order valence-electron chi connectivity index (χ3n) is 2.90. The van der Waals surface area contributed by atoms with Gasteiger partial charge in [-0.25, -0.2) is 9.97 Å². The second-order valence-electron chi connectivity index (χ2n) is 5.77. The Kier molecular flexibility index (Phi) is 6.20. The van der Waals surface area contributed by atoms with Gasteiger partial charge in [0.15, 0.2) is 0 Å². The fraction of sp³-hybridized carbons (Fsp3) is 0.733. The smallest absolute Gasteiger partial charge is 0.138 e. The molecule has 0 spiro atoms. The van der Waals surface area contributed by atoms with Crippen LogP contribution in [0.2, 0.25) is 0 Å². The molecule has 0 unspecified atom stereocenters. The zero-order valence-electron chi connectivity index (χ0n) is 13.6. The number of nitrogens with zero attached hydrogens (tertiary/aromatic N) is 2. The van der Waals surface area contributed by atoms with Crippen molar-refractivity contribution in [1.29, 1.82) is 0 Å². The number of aromatic nitrogens is 2. The van der Waals surface area contributed by atoms with Crippen LogP contribution in [0, 0.1) is 6.92 Å². The van der Waals surface area contributed by atoms with E-state index in [2.05, 4.69) is 48.3 Å². The molecule has 0 atom stereocenters. The molecule has 1 aromatic heterocycles. The monoisotopic (exact) mass is 280 g/mol. The Balaban J connectivity index is 2.98. The Morgan fingerprint density at radius 3 is 2.15 bits per heavy atom. The van der Waals surface area contributed by atoms with Crippen LogP contribution in [0.3, 0.4) is 0 Å². The van der Waals surface area contributed by atoms with E-state index in [1.807, 2.05) is 13.8 Å². The van der Waals surface area contributed by atoms with Gasteiger partial charge in [-0.15, -0.1) is 0 Å². The number of ether oxygens (including phenoxy) is 1. The Morgan fingerprint density at radius 1 is 1.05 bits per heavy atom. The van der Waals surface area contributed by atoms with Gasteiger partial charge >= 0.3 is 0 Å². The average molecular weight is 280 g/mol. The summed E-state index contributed by atoms with van der Waals surface area (Å²) in [5, 5.41) is 6.65. The molecule has 0 radical (unpaired) electrons. The van der Waals surface area contributed by atoms with E-state index >= 15 is 0 Å². The van der Waals surface area contributed by atoms with Crippen LogP contribution in [-0.2, 0) is 10.2 Å². The Labute approximate surface area is 122 Å². The van der Waals surface area contributed by atoms with Crippen molar-refractivity contribution in [2.45, 2.75) is 47.0 Å². The summed E-state index contributed by atoms with van der Waals surface area (Å²) in [5.41, 5.74) is 0.977. The molecule has 114 valence electrons. The van der Waals surface area contributed by atoms with Crippen molar-refractivity contribution in [3.05, 3.63) is 11.4 Å². The van der Waals surface area contributed by atoms with E-state index < -0.39 is 0 Å². The van der Waals surface area contributed by atoms with Gasteiger partial charge in [-0.3, -0.25) is 0 Å². The molecule has 1 rings (SSSR count). The molecule has 1 aromatic rings. The van der Waals surface area contributed by atoms with Crippen LogP contribution in [0.25, 0.3) is 0 Å². The van der Waals surface area contributed by atoms with Crippen molar-refractivity contribution in [2.75, 3.05) is 36.9 Å². The molecule has 20 heavy (non-hydrogen) atoms. The van der Waals surface area contributed by atoms with Crippen molar-refractivity contribution in [3.8, 4) is 0 Å². The van der Waals surface area contributed by atoms with E-state index in [1.165, 1.54) is 0 Å². The lowest BCUT2D eigenvalue weighted by molar-refractivity contribution is 0.158. The second-order valence-corrected chi connectivity index (χ2v) is 5.77. The lowest BCUT2D eigenvalue weighted by Crippen LogP contribution is -2.21. The minimum Gasteiger partial charge on any atom is -0.380 e. The molecule has 0 bridgehead atoms. The molecule has 0 aliphatic carbocycles. The number of nitrogens with one attached hydrogen (secondary N) is 2. The zero-order chi connectivity index (χ0) is 15.2. The SMILES string of the molecule is CCNc1nc(C(C)(C)C)nc(NCCOCC)c1C. The number of anilines is 2. The van der Waals surface area contributed by atoms with Gasteiger partial charge in [0, 0.05) is 30.7 Å². The minimum absolute atomic E-state index is 0.0752. The molecule has 5 nitrogen and oxygen atoms in total. The lowest BCUT2D eigenvalue weighted by atomic mass is 9.95. The van der Waals surface area contributed by atoms with Crippen LogP contribution < -0.4 is 10.6 Å². The van der Waals surface area contributed by atoms with E-state index in [-0.39, 0.29) is 5.41 Å². The second kappa shape index (κ2) is 7.43. The summed E-state index contributed by atoms with van der Waals surface area (Å²) in [6.07, 6.45) is 0.